The van der Waals surface area contributed by atoms with Gasteiger partial charge in [-0.25, -0.2) is 4.98 Å². The Kier molecular flexibility index (Phi) is 5.94. The summed E-state index contributed by atoms with van der Waals surface area (Å²) in [6.45, 7) is 2.07. The minimum absolute atomic E-state index is 0.128. The predicted molar refractivity (Wildman–Crippen MR) is 116 cm³/mol. The summed E-state index contributed by atoms with van der Waals surface area (Å²) >= 11 is 4.36. The van der Waals surface area contributed by atoms with Gasteiger partial charge in [-0.15, -0.1) is 10.2 Å². The highest BCUT2D eigenvalue weighted by molar-refractivity contribution is 8.00. The molecule has 0 unspecified atom stereocenters. The van der Waals surface area contributed by atoms with Crippen molar-refractivity contribution in [3.63, 3.8) is 0 Å². The Morgan fingerprint density at radius 1 is 1.11 bits per heavy atom. The number of H-pyrrole nitrogens is 1. The van der Waals surface area contributed by atoms with Crippen LogP contribution in [0, 0.1) is 6.92 Å². The molecule has 0 bridgehead atoms. The SMILES string of the molecule is Cc1ccc(CSc2nnc(NC(=O)CSc3nc4ccccc4[nH]3)s2)cc1. The van der Waals surface area contributed by atoms with Crippen molar-refractivity contribution in [1.29, 1.82) is 0 Å². The number of aromatic amines is 1. The third kappa shape index (κ3) is 4.92. The van der Waals surface area contributed by atoms with E-state index in [-0.39, 0.29) is 11.7 Å². The zero-order chi connectivity index (χ0) is 19.3. The number of hydrogen-bond acceptors (Lipinski definition) is 7. The van der Waals surface area contributed by atoms with E-state index in [1.165, 1.54) is 34.2 Å². The molecule has 0 radical (unpaired) electrons. The molecule has 6 nitrogen and oxygen atoms in total. The van der Waals surface area contributed by atoms with Gasteiger partial charge in [-0.3, -0.25) is 10.1 Å². The number of anilines is 1. The van der Waals surface area contributed by atoms with Crippen LogP contribution in [-0.4, -0.2) is 31.8 Å². The Balaban J connectivity index is 1.27. The van der Waals surface area contributed by atoms with Crippen LogP contribution in [0.1, 0.15) is 11.1 Å². The number of benzene rings is 2. The van der Waals surface area contributed by atoms with Gasteiger partial charge in [-0.05, 0) is 24.6 Å². The molecule has 0 saturated carbocycles. The Labute approximate surface area is 174 Å². The number of nitrogens with zero attached hydrogens (tertiary/aromatic N) is 3. The summed E-state index contributed by atoms with van der Waals surface area (Å²) in [4.78, 5) is 19.8. The van der Waals surface area contributed by atoms with Crippen molar-refractivity contribution in [1.82, 2.24) is 20.2 Å². The zero-order valence-electron chi connectivity index (χ0n) is 15.0. The molecule has 2 N–H and O–H groups in total. The fourth-order valence-electron chi connectivity index (χ4n) is 2.43. The van der Waals surface area contributed by atoms with Crippen LogP contribution in [0.25, 0.3) is 11.0 Å². The quantitative estimate of drug-likeness (QED) is 0.327. The molecule has 0 saturated heterocycles. The zero-order valence-corrected chi connectivity index (χ0v) is 17.5. The lowest BCUT2D eigenvalue weighted by Crippen LogP contribution is -2.13. The van der Waals surface area contributed by atoms with Crippen LogP contribution < -0.4 is 5.32 Å². The second kappa shape index (κ2) is 8.76. The van der Waals surface area contributed by atoms with Crippen LogP contribution >= 0.6 is 34.9 Å². The summed E-state index contributed by atoms with van der Waals surface area (Å²) in [7, 11) is 0. The number of amides is 1. The molecule has 2 heterocycles. The first kappa shape index (κ1) is 19.0. The van der Waals surface area contributed by atoms with Crippen LogP contribution in [0.5, 0.6) is 0 Å². The third-order valence-corrected chi connectivity index (χ3v) is 6.76. The van der Waals surface area contributed by atoms with Crippen LogP contribution in [0.4, 0.5) is 5.13 Å². The van der Waals surface area contributed by atoms with Crippen molar-refractivity contribution in [2.24, 2.45) is 0 Å². The molecule has 1 amide bonds. The largest absolute Gasteiger partial charge is 0.333 e. The number of rotatable bonds is 7. The highest BCUT2D eigenvalue weighted by Crippen LogP contribution is 2.28. The summed E-state index contributed by atoms with van der Waals surface area (Å²) < 4.78 is 0.834. The van der Waals surface area contributed by atoms with Crippen molar-refractivity contribution in [3.05, 3.63) is 59.7 Å². The number of thioether (sulfide) groups is 2. The number of carbonyl (C=O) groups is 1. The minimum Gasteiger partial charge on any atom is -0.333 e. The molecule has 0 fully saturated rings. The van der Waals surface area contributed by atoms with E-state index in [9.17, 15) is 4.79 Å². The van der Waals surface area contributed by atoms with Gasteiger partial charge >= 0.3 is 0 Å². The van der Waals surface area contributed by atoms with E-state index in [0.717, 1.165) is 26.3 Å². The number of fused-ring (bicyclic) bond motifs is 1. The van der Waals surface area contributed by atoms with Gasteiger partial charge in [0.1, 0.15) is 0 Å². The molecular formula is C19H17N5OS3. The maximum Gasteiger partial charge on any atom is 0.236 e. The van der Waals surface area contributed by atoms with Crippen molar-refractivity contribution >= 4 is 56.9 Å². The van der Waals surface area contributed by atoms with E-state index in [0.29, 0.717) is 5.13 Å². The lowest BCUT2D eigenvalue weighted by atomic mass is 10.2. The molecule has 2 aromatic carbocycles. The molecule has 4 rings (SSSR count). The maximum atomic E-state index is 12.2. The molecular weight excluding hydrogens is 410 g/mol. The number of para-hydroxylation sites is 2. The Morgan fingerprint density at radius 2 is 1.93 bits per heavy atom. The van der Waals surface area contributed by atoms with E-state index in [4.69, 9.17) is 0 Å². The fourth-order valence-corrected chi connectivity index (χ4v) is 4.84. The molecule has 142 valence electrons. The molecule has 28 heavy (non-hydrogen) atoms. The standard InChI is InChI=1S/C19H17N5OS3/c1-12-6-8-13(9-7-12)10-27-19-24-23-18(28-19)22-16(25)11-26-17-20-14-4-2-3-5-15(14)21-17/h2-9H,10-11H2,1H3,(H,20,21)(H,22,23,25). The molecule has 2 aromatic heterocycles. The van der Waals surface area contributed by atoms with E-state index in [1.54, 1.807) is 11.8 Å². The van der Waals surface area contributed by atoms with Gasteiger partial charge in [0.25, 0.3) is 0 Å². The number of carbonyl (C=O) groups excluding carboxylic acids is 1. The van der Waals surface area contributed by atoms with Crippen molar-refractivity contribution in [2.45, 2.75) is 22.2 Å². The van der Waals surface area contributed by atoms with Gasteiger partial charge < -0.3 is 4.98 Å². The number of hydrogen-bond donors (Lipinski definition) is 2. The van der Waals surface area contributed by atoms with Crippen molar-refractivity contribution < 1.29 is 4.79 Å². The van der Waals surface area contributed by atoms with Crippen LogP contribution in [0.2, 0.25) is 0 Å². The summed E-state index contributed by atoms with van der Waals surface area (Å²) in [5.74, 6) is 0.951. The molecule has 9 heteroatoms. The molecule has 0 aliphatic heterocycles. The molecule has 0 spiro atoms. The van der Waals surface area contributed by atoms with Gasteiger partial charge in [0.2, 0.25) is 11.0 Å². The minimum atomic E-state index is -0.128. The highest BCUT2D eigenvalue weighted by Gasteiger charge is 2.11. The maximum absolute atomic E-state index is 12.2. The van der Waals surface area contributed by atoms with E-state index in [1.807, 2.05) is 24.3 Å². The average Bonchev–Trinajstić information content (AvgIpc) is 3.32. The molecule has 0 aliphatic rings. The summed E-state index contributed by atoms with van der Waals surface area (Å²) in [5.41, 5.74) is 4.34. The Hall–Kier alpha value is -2.36. The summed E-state index contributed by atoms with van der Waals surface area (Å²) in [6.07, 6.45) is 0. The van der Waals surface area contributed by atoms with E-state index < -0.39 is 0 Å². The van der Waals surface area contributed by atoms with Crippen LogP contribution in [0.15, 0.2) is 58.0 Å². The first-order valence-corrected chi connectivity index (χ1v) is 11.3. The molecule has 0 aliphatic carbocycles. The number of aryl methyl sites for hydroxylation is 1. The average molecular weight is 428 g/mol. The number of aromatic nitrogens is 4. The Bertz CT molecular complexity index is 1060. The van der Waals surface area contributed by atoms with Crippen LogP contribution in [0.3, 0.4) is 0 Å². The van der Waals surface area contributed by atoms with Gasteiger partial charge in [0.05, 0.1) is 16.8 Å². The number of nitrogens with one attached hydrogen (secondary N) is 2. The fraction of sp³-hybridized carbons (Fsp3) is 0.158. The van der Waals surface area contributed by atoms with Crippen molar-refractivity contribution in [3.8, 4) is 0 Å². The Morgan fingerprint density at radius 3 is 2.75 bits per heavy atom. The van der Waals surface area contributed by atoms with Gasteiger partial charge in [0.15, 0.2) is 9.50 Å². The normalized spacial score (nSPS) is 11.0. The summed E-state index contributed by atoms with van der Waals surface area (Å²) in [5, 5.41) is 12.2. The van der Waals surface area contributed by atoms with E-state index >= 15 is 0 Å². The van der Waals surface area contributed by atoms with E-state index in [2.05, 4.69) is 56.7 Å². The van der Waals surface area contributed by atoms with Gasteiger partial charge in [0, 0.05) is 5.75 Å². The second-order valence-electron chi connectivity index (χ2n) is 6.04. The second-order valence-corrected chi connectivity index (χ2v) is 9.21. The van der Waals surface area contributed by atoms with Gasteiger partial charge in [-0.2, -0.15) is 0 Å². The lowest BCUT2D eigenvalue weighted by molar-refractivity contribution is -0.113. The third-order valence-electron chi connectivity index (χ3n) is 3.84. The topological polar surface area (TPSA) is 83.6 Å². The highest BCUT2D eigenvalue weighted by atomic mass is 32.2. The molecule has 4 aromatic rings. The lowest BCUT2D eigenvalue weighted by Gasteiger charge is -1.99. The van der Waals surface area contributed by atoms with Crippen molar-refractivity contribution in [2.75, 3.05) is 11.1 Å². The smallest absolute Gasteiger partial charge is 0.236 e. The number of imidazole rings is 1. The first-order valence-electron chi connectivity index (χ1n) is 8.55. The molecule has 0 atom stereocenters. The van der Waals surface area contributed by atoms with Crippen LogP contribution in [-0.2, 0) is 10.5 Å². The van der Waals surface area contributed by atoms with Gasteiger partial charge in [-0.1, -0.05) is 76.8 Å². The predicted octanol–water partition coefficient (Wildman–Crippen LogP) is 4.75. The monoisotopic (exact) mass is 427 g/mol. The first-order chi connectivity index (χ1) is 13.7. The summed E-state index contributed by atoms with van der Waals surface area (Å²) in [6, 6.07) is 16.2.